The summed E-state index contributed by atoms with van der Waals surface area (Å²) in [6, 6.07) is 21.0. The van der Waals surface area contributed by atoms with Gasteiger partial charge in [0.15, 0.2) is 0 Å². The molecule has 4 aromatic rings. The quantitative estimate of drug-likeness (QED) is 0.451. The minimum Gasteiger partial charge on any atom is -0.345 e. The molecular weight excluding hydrogens is 405 g/mol. The van der Waals surface area contributed by atoms with Crippen LogP contribution >= 0.6 is 23.2 Å². The maximum atomic E-state index is 12.6. The Morgan fingerprint density at radius 3 is 2.62 bits per heavy atom. The van der Waals surface area contributed by atoms with Crippen molar-refractivity contribution >= 4 is 40.1 Å². The monoisotopic (exact) mass is 423 g/mol. The van der Waals surface area contributed by atoms with Crippen LogP contribution in [0.2, 0.25) is 10.0 Å². The molecule has 1 N–H and O–H groups in total. The Bertz CT molecular complexity index is 1200. The average Bonchev–Trinajstić information content (AvgIpc) is 3.06. The normalized spacial score (nSPS) is 11.0. The van der Waals surface area contributed by atoms with Gasteiger partial charge in [0.2, 0.25) is 0 Å². The van der Waals surface area contributed by atoms with Crippen molar-refractivity contribution < 1.29 is 4.79 Å². The van der Waals surface area contributed by atoms with Crippen LogP contribution in [0.15, 0.2) is 66.7 Å². The van der Waals surface area contributed by atoms with E-state index in [0.717, 1.165) is 28.0 Å². The average molecular weight is 424 g/mol. The maximum Gasteiger partial charge on any atom is 0.251 e. The van der Waals surface area contributed by atoms with E-state index in [0.29, 0.717) is 28.7 Å². The molecular formula is C23H19Cl2N3O. The van der Waals surface area contributed by atoms with Crippen LogP contribution in [-0.4, -0.2) is 15.5 Å². The number of rotatable bonds is 5. The van der Waals surface area contributed by atoms with Gasteiger partial charge in [-0.2, -0.15) is 0 Å². The molecule has 0 saturated carbocycles. The Kier molecular flexibility index (Phi) is 5.56. The summed E-state index contributed by atoms with van der Waals surface area (Å²) >= 11 is 12.2. The van der Waals surface area contributed by atoms with Crippen LogP contribution in [-0.2, 0) is 13.1 Å². The van der Waals surface area contributed by atoms with Gasteiger partial charge in [-0.3, -0.25) is 4.79 Å². The van der Waals surface area contributed by atoms with E-state index in [2.05, 4.69) is 9.88 Å². The molecule has 0 fully saturated rings. The van der Waals surface area contributed by atoms with Gasteiger partial charge >= 0.3 is 0 Å². The van der Waals surface area contributed by atoms with E-state index in [1.165, 1.54) is 0 Å². The predicted octanol–water partition coefficient (Wildman–Crippen LogP) is 5.63. The van der Waals surface area contributed by atoms with Gasteiger partial charge in [0, 0.05) is 12.1 Å². The molecule has 0 atom stereocenters. The van der Waals surface area contributed by atoms with Crippen molar-refractivity contribution in [3.63, 3.8) is 0 Å². The lowest BCUT2D eigenvalue weighted by atomic mass is 10.1. The third kappa shape index (κ3) is 4.29. The Morgan fingerprint density at radius 1 is 1.00 bits per heavy atom. The van der Waals surface area contributed by atoms with Crippen LogP contribution in [0.1, 0.15) is 27.3 Å². The lowest BCUT2D eigenvalue weighted by molar-refractivity contribution is 0.0949. The molecule has 4 rings (SSSR count). The zero-order valence-electron chi connectivity index (χ0n) is 15.8. The summed E-state index contributed by atoms with van der Waals surface area (Å²) in [4.78, 5) is 17.3. The van der Waals surface area contributed by atoms with Crippen LogP contribution in [0.4, 0.5) is 0 Å². The predicted molar refractivity (Wildman–Crippen MR) is 118 cm³/mol. The van der Waals surface area contributed by atoms with E-state index in [1.807, 2.05) is 61.5 Å². The fraction of sp³-hybridized carbons (Fsp3) is 0.130. The number of nitrogens with zero attached hydrogens (tertiary/aromatic N) is 2. The first kappa shape index (κ1) is 19.5. The first-order valence-corrected chi connectivity index (χ1v) is 10.00. The number of hydrogen-bond acceptors (Lipinski definition) is 2. The van der Waals surface area contributed by atoms with E-state index in [-0.39, 0.29) is 5.91 Å². The molecule has 0 radical (unpaired) electrons. The highest BCUT2D eigenvalue weighted by atomic mass is 35.5. The summed E-state index contributed by atoms with van der Waals surface area (Å²) in [7, 11) is 0. The molecule has 0 unspecified atom stereocenters. The summed E-state index contributed by atoms with van der Waals surface area (Å²) in [5, 5.41) is 4.02. The van der Waals surface area contributed by atoms with E-state index in [4.69, 9.17) is 28.2 Å². The lowest BCUT2D eigenvalue weighted by Crippen LogP contribution is -2.25. The molecule has 4 nitrogen and oxygen atoms in total. The number of imidazole rings is 1. The third-order valence-corrected chi connectivity index (χ3v) is 5.48. The molecule has 29 heavy (non-hydrogen) atoms. The fourth-order valence-electron chi connectivity index (χ4n) is 3.31. The van der Waals surface area contributed by atoms with Gasteiger partial charge in [-0.05, 0) is 48.9 Å². The van der Waals surface area contributed by atoms with Gasteiger partial charge in [0.05, 0.1) is 27.6 Å². The highest BCUT2D eigenvalue weighted by Gasteiger charge is 2.13. The molecule has 1 aromatic heterocycles. The van der Waals surface area contributed by atoms with Gasteiger partial charge in [-0.15, -0.1) is 0 Å². The van der Waals surface area contributed by atoms with Gasteiger partial charge < -0.3 is 9.88 Å². The van der Waals surface area contributed by atoms with Crippen molar-refractivity contribution in [2.45, 2.75) is 20.0 Å². The zero-order chi connectivity index (χ0) is 20.4. The summed E-state index contributed by atoms with van der Waals surface area (Å²) in [5.74, 6) is 0.653. The Morgan fingerprint density at radius 2 is 1.83 bits per heavy atom. The van der Waals surface area contributed by atoms with Crippen molar-refractivity contribution in [1.82, 2.24) is 14.9 Å². The summed E-state index contributed by atoms with van der Waals surface area (Å²) in [6.07, 6.45) is 0. The zero-order valence-corrected chi connectivity index (χ0v) is 17.3. The van der Waals surface area contributed by atoms with Crippen molar-refractivity contribution in [3.8, 4) is 0 Å². The number of halogens is 2. The maximum absolute atomic E-state index is 12.6. The number of aromatic nitrogens is 2. The number of nitrogens with one attached hydrogen (secondary N) is 1. The summed E-state index contributed by atoms with van der Waals surface area (Å²) in [5.41, 5.74) is 4.57. The van der Waals surface area contributed by atoms with Gasteiger partial charge in [-0.1, -0.05) is 59.1 Å². The fourth-order valence-corrected chi connectivity index (χ4v) is 3.63. The van der Waals surface area contributed by atoms with Crippen molar-refractivity contribution in [1.29, 1.82) is 0 Å². The number of amides is 1. The minimum atomic E-state index is -0.123. The van der Waals surface area contributed by atoms with Crippen LogP contribution in [0, 0.1) is 6.92 Å². The Balaban J connectivity index is 1.62. The van der Waals surface area contributed by atoms with Crippen molar-refractivity contribution in [2.75, 3.05) is 0 Å². The molecule has 0 saturated heterocycles. The van der Waals surface area contributed by atoms with Crippen molar-refractivity contribution in [3.05, 3.63) is 99.3 Å². The largest absolute Gasteiger partial charge is 0.345 e. The molecule has 3 aromatic carbocycles. The standard InChI is InChI=1S/C23H19Cl2N3O/c1-15-5-4-6-17(11-15)23(29)26-13-22-27-20-7-2-3-8-21(20)28(22)14-16-9-10-18(24)19(25)12-16/h2-12H,13-14H2,1H3,(H,26,29). The van der Waals surface area contributed by atoms with Gasteiger partial charge in [0.1, 0.15) is 5.82 Å². The number of fused-ring (bicyclic) bond motifs is 1. The second kappa shape index (κ2) is 8.27. The Labute approximate surface area is 179 Å². The van der Waals surface area contributed by atoms with E-state index in [9.17, 15) is 4.79 Å². The number of carbonyl (C=O) groups excluding carboxylic acids is 1. The Hall–Kier alpha value is -2.82. The number of hydrogen-bond donors (Lipinski definition) is 1. The van der Waals surface area contributed by atoms with Crippen LogP contribution < -0.4 is 5.32 Å². The summed E-state index contributed by atoms with van der Waals surface area (Å²) < 4.78 is 2.09. The smallest absolute Gasteiger partial charge is 0.251 e. The SMILES string of the molecule is Cc1cccc(C(=O)NCc2nc3ccccc3n2Cc2ccc(Cl)c(Cl)c2)c1. The van der Waals surface area contributed by atoms with E-state index in [1.54, 1.807) is 12.1 Å². The van der Waals surface area contributed by atoms with E-state index >= 15 is 0 Å². The molecule has 0 aliphatic rings. The molecule has 6 heteroatoms. The van der Waals surface area contributed by atoms with Crippen LogP contribution in [0.25, 0.3) is 11.0 Å². The molecule has 0 aliphatic heterocycles. The molecule has 1 amide bonds. The second-order valence-corrected chi connectivity index (χ2v) is 7.72. The molecule has 1 heterocycles. The highest BCUT2D eigenvalue weighted by molar-refractivity contribution is 6.42. The first-order chi connectivity index (χ1) is 14.0. The van der Waals surface area contributed by atoms with Gasteiger partial charge in [0.25, 0.3) is 5.91 Å². The topological polar surface area (TPSA) is 46.9 Å². The first-order valence-electron chi connectivity index (χ1n) is 9.24. The number of benzene rings is 3. The molecule has 0 bridgehead atoms. The second-order valence-electron chi connectivity index (χ2n) is 6.90. The third-order valence-electron chi connectivity index (χ3n) is 4.75. The lowest BCUT2D eigenvalue weighted by Gasteiger charge is -2.11. The minimum absolute atomic E-state index is 0.123. The number of para-hydroxylation sites is 2. The van der Waals surface area contributed by atoms with Crippen LogP contribution in [0.3, 0.4) is 0 Å². The molecule has 146 valence electrons. The highest BCUT2D eigenvalue weighted by Crippen LogP contribution is 2.24. The van der Waals surface area contributed by atoms with Gasteiger partial charge in [-0.25, -0.2) is 4.98 Å². The summed E-state index contributed by atoms with van der Waals surface area (Å²) in [6.45, 7) is 2.86. The number of aryl methyl sites for hydroxylation is 1. The molecule has 0 spiro atoms. The van der Waals surface area contributed by atoms with Crippen molar-refractivity contribution in [2.24, 2.45) is 0 Å². The number of carbonyl (C=O) groups is 1. The van der Waals surface area contributed by atoms with E-state index < -0.39 is 0 Å². The molecule has 0 aliphatic carbocycles. The van der Waals surface area contributed by atoms with Crippen LogP contribution in [0.5, 0.6) is 0 Å².